The van der Waals surface area contributed by atoms with E-state index < -0.39 is 11.9 Å². The summed E-state index contributed by atoms with van der Waals surface area (Å²) in [6.07, 6.45) is 0.426. The van der Waals surface area contributed by atoms with Gasteiger partial charge in [0.25, 0.3) is 5.91 Å². The summed E-state index contributed by atoms with van der Waals surface area (Å²) in [5.41, 5.74) is 0.734. The zero-order chi connectivity index (χ0) is 21.4. The summed E-state index contributed by atoms with van der Waals surface area (Å²) in [6.45, 7) is 3.97. The normalized spacial score (nSPS) is 11.6. The Balaban J connectivity index is 2.21. The number of halogens is 3. The number of benzene rings is 2. The highest BCUT2D eigenvalue weighted by Gasteiger charge is 2.28. The summed E-state index contributed by atoms with van der Waals surface area (Å²) in [5, 5.41) is 3.53. The van der Waals surface area contributed by atoms with Crippen LogP contribution in [-0.4, -0.2) is 35.9 Å². The number of likely N-dealkylation sites (N-methyl/N-ethyl adjacent to an activating group) is 1. The van der Waals surface area contributed by atoms with Crippen LogP contribution in [0.4, 0.5) is 4.39 Å². The van der Waals surface area contributed by atoms with Crippen molar-refractivity contribution in [3.8, 4) is 5.75 Å². The summed E-state index contributed by atoms with van der Waals surface area (Å²) < 4.78 is 18.5. The third-order valence-corrected chi connectivity index (χ3v) is 4.99. The zero-order valence-corrected chi connectivity index (χ0v) is 17.8. The topological polar surface area (TPSA) is 58.6 Å². The molecule has 0 aliphatic carbocycles. The van der Waals surface area contributed by atoms with Crippen LogP contribution in [0.5, 0.6) is 5.75 Å². The van der Waals surface area contributed by atoms with E-state index in [2.05, 4.69) is 5.32 Å². The van der Waals surface area contributed by atoms with Crippen molar-refractivity contribution in [2.45, 2.75) is 32.9 Å². The van der Waals surface area contributed by atoms with Gasteiger partial charge in [0.2, 0.25) is 5.91 Å². The quantitative estimate of drug-likeness (QED) is 0.626. The summed E-state index contributed by atoms with van der Waals surface area (Å²) in [5.74, 6) is -0.656. The Morgan fingerprint density at radius 3 is 2.38 bits per heavy atom. The predicted molar refractivity (Wildman–Crippen MR) is 112 cm³/mol. The largest absolute Gasteiger partial charge is 0.484 e. The van der Waals surface area contributed by atoms with Crippen LogP contribution in [0.15, 0.2) is 42.5 Å². The first-order valence-electron chi connectivity index (χ1n) is 9.25. The van der Waals surface area contributed by atoms with Crippen molar-refractivity contribution < 1.29 is 18.7 Å². The number of rotatable bonds is 9. The average Bonchev–Trinajstić information content (AvgIpc) is 2.70. The minimum absolute atomic E-state index is 0.165. The Labute approximate surface area is 179 Å². The molecule has 2 rings (SSSR count). The molecule has 1 atom stereocenters. The minimum Gasteiger partial charge on any atom is -0.484 e. The molecule has 156 valence electrons. The molecule has 0 bridgehead atoms. The molecule has 2 aromatic carbocycles. The molecular weight excluding hydrogens is 418 g/mol. The third kappa shape index (κ3) is 6.61. The first-order chi connectivity index (χ1) is 13.8. The van der Waals surface area contributed by atoms with Gasteiger partial charge in [-0.3, -0.25) is 9.59 Å². The van der Waals surface area contributed by atoms with Gasteiger partial charge in [-0.05, 0) is 55.3 Å². The van der Waals surface area contributed by atoms with E-state index in [1.54, 1.807) is 18.2 Å². The highest BCUT2D eigenvalue weighted by atomic mass is 35.5. The number of nitrogens with zero attached hydrogens (tertiary/aromatic N) is 1. The Bertz CT molecular complexity index is 846. The molecule has 0 radical (unpaired) electrons. The van der Waals surface area contributed by atoms with Gasteiger partial charge in [-0.2, -0.15) is 0 Å². The molecule has 8 heteroatoms. The number of amides is 2. The summed E-state index contributed by atoms with van der Waals surface area (Å²) in [4.78, 5) is 26.9. The number of carbonyl (C=O) groups is 2. The lowest BCUT2D eigenvalue weighted by atomic mass is 10.1. The van der Waals surface area contributed by atoms with Gasteiger partial charge in [-0.1, -0.05) is 36.2 Å². The van der Waals surface area contributed by atoms with Gasteiger partial charge < -0.3 is 15.0 Å². The van der Waals surface area contributed by atoms with Gasteiger partial charge in [-0.25, -0.2) is 4.39 Å². The summed E-state index contributed by atoms with van der Waals surface area (Å²) in [6, 6.07) is 9.75. The van der Waals surface area contributed by atoms with Crippen LogP contribution in [0.3, 0.4) is 0 Å². The van der Waals surface area contributed by atoms with E-state index in [4.69, 9.17) is 27.9 Å². The molecule has 0 aliphatic heterocycles. The van der Waals surface area contributed by atoms with E-state index in [0.717, 1.165) is 5.56 Å². The average molecular weight is 441 g/mol. The highest BCUT2D eigenvalue weighted by molar-refractivity contribution is 6.42. The first kappa shape index (κ1) is 23.0. The maximum atomic E-state index is 13.0. The van der Waals surface area contributed by atoms with Crippen molar-refractivity contribution >= 4 is 35.0 Å². The molecule has 29 heavy (non-hydrogen) atoms. The van der Waals surface area contributed by atoms with Crippen molar-refractivity contribution in [3.05, 3.63) is 63.9 Å². The van der Waals surface area contributed by atoms with E-state index in [0.29, 0.717) is 28.8 Å². The van der Waals surface area contributed by atoms with Crippen molar-refractivity contribution in [2.24, 2.45) is 0 Å². The van der Waals surface area contributed by atoms with E-state index in [1.165, 1.54) is 29.2 Å². The van der Waals surface area contributed by atoms with Gasteiger partial charge in [0.1, 0.15) is 17.6 Å². The molecule has 1 N–H and O–H groups in total. The molecule has 0 aromatic heterocycles. The van der Waals surface area contributed by atoms with Gasteiger partial charge in [0, 0.05) is 13.1 Å². The van der Waals surface area contributed by atoms with Crippen molar-refractivity contribution in [3.63, 3.8) is 0 Å². The Kier molecular flexibility index (Phi) is 8.73. The van der Waals surface area contributed by atoms with Gasteiger partial charge >= 0.3 is 0 Å². The van der Waals surface area contributed by atoms with Gasteiger partial charge in [0.05, 0.1) is 10.0 Å². The second kappa shape index (κ2) is 11.0. The van der Waals surface area contributed by atoms with Crippen molar-refractivity contribution in [1.82, 2.24) is 10.2 Å². The Morgan fingerprint density at radius 2 is 1.79 bits per heavy atom. The molecule has 2 amide bonds. The molecule has 0 heterocycles. The van der Waals surface area contributed by atoms with Crippen LogP contribution >= 0.6 is 23.2 Å². The standard InChI is InChI=1S/C21H23Cl2FN2O3/c1-3-19(21(28)25-4-2)26(12-14-5-10-17(22)18(23)11-14)20(27)13-29-16-8-6-15(24)7-9-16/h5-11,19H,3-4,12-13H2,1-2H3,(H,25,28). The number of nitrogens with one attached hydrogen (secondary N) is 1. The van der Waals surface area contributed by atoms with Crippen molar-refractivity contribution in [1.29, 1.82) is 0 Å². The molecule has 5 nitrogen and oxygen atoms in total. The lowest BCUT2D eigenvalue weighted by Crippen LogP contribution is -2.50. The van der Waals surface area contributed by atoms with Crippen LogP contribution in [0.25, 0.3) is 0 Å². The van der Waals surface area contributed by atoms with E-state index in [9.17, 15) is 14.0 Å². The van der Waals surface area contributed by atoms with Crippen LogP contribution < -0.4 is 10.1 Å². The van der Waals surface area contributed by atoms with Crippen LogP contribution in [-0.2, 0) is 16.1 Å². The molecule has 1 unspecified atom stereocenters. The molecule has 0 fully saturated rings. The SMILES string of the molecule is CCNC(=O)C(CC)N(Cc1ccc(Cl)c(Cl)c1)C(=O)COc1ccc(F)cc1. The summed E-state index contributed by atoms with van der Waals surface area (Å²) in [7, 11) is 0. The fraction of sp³-hybridized carbons (Fsp3) is 0.333. The van der Waals surface area contributed by atoms with Gasteiger partial charge in [0.15, 0.2) is 6.61 Å². The van der Waals surface area contributed by atoms with Crippen LogP contribution in [0.1, 0.15) is 25.8 Å². The van der Waals surface area contributed by atoms with E-state index in [1.807, 2.05) is 13.8 Å². The lowest BCUT2D eigenvalue weighted by Gasteiger charge is -2.30. The predicted octanol–water partition coefficient (Wildman–Crippen LogP) is 4.45. The van der Waals surface area contributed by atoms with E-state index in [-0.39, 0.29) is 25.0 Å². The zero-order valence-electron chi connectivity index (χ0n) is 16.3. The number of hydrogen-bond acceptors (Lipinski definition) is 3. The maximum Gasteiger partial charge on any atom is 0.261 e. The second-order valence-electron chi connectivity index (χ2n) is 6.33. The summed E-state index contributed by atoms with van der Waals surface area (Å²) >= 11 is 12.1. The molecule has 0 aliphatic rings. The monoisotopic (exact) mass is 440 g/mol. The highest BCUT2D eigenvalue weighted by Crippen LogP contribution is 2.24. The Morgan fingerprint density at radius 1 is 1.10 bits per heavy atom. The molecule has 2 aromatic rings. The number of hydrogen-bond donors (Lipinski definition) is 1. The third-order valence-electron chi connectivity index (χ3n) is 4.25. The maximum absolute atomic E-state index is 13.0. The molecule has 0 saturated heterocycles. The number of ether oxygens (including phenoxy) is 1. The first-order valence-corrected chi connectivity index (χ1v) is 10.0. The number of carbonyl (C=O) groups excluding carboxylic acids is 2. The second-order valence-corrected chi connectivity index (χ2v) is 7.15. The van der Waals surface area contributed by atoms with Crippen LogP contribution in [0.2, 0.25) is 10.0 Å². The van der Waals surface area contributed by atoms with Gasteiger partial charge in [-0.15, -0.1) is 0 Å². The van der Waals surface area contributed by atoms with Crippen LogP contribution in [0, 0.1) is 5.82 Å². The fourth-order valence-electron chi connectivity index (χ4n) is 2.81. The van der Waals surface area contributed by atoms with E-state index >= 15 is 0 Å². The molecule has 0 saturated carbocycles. The minimum atomic E-state index is -0.672. The fourth-order valence-corrected chi connectivity index (χ4v) is 3.13. The lowest BCUT2D eigenvalue weighted by molar-refractivity contribution is -0.142. The molecule has 0 spiro atoms. The Hall–Kier alpha value is -2.31. The smallest absolute Gasteiger partial charge is 0.261 e. The molecular formula is C21H23Cl2FN2O3. The van der Waals surface area contributed by atoms with Crippen molar-refractivity contribution in [2.75, 3.05) is 13.2 Å².